The number of aliphatic hydroxyl groups excluding tert-OH is 1. The number of carbonyl (C=O) groups is 1. The Hall–Kier alpha value is -1.74. The van der Waals surface area contributed by atoms with E-state index in [1.807, 2.05) is 0 Å². The molecule has 0 saturated carbocycles. The standard InChI is InChI=1S/C17H24F2N2O4S/c1-16(2,3)26(24,25)10-12-4-6-13(7-5-12)20-15(23)21-9-8-14(22)17(18,19)11-21/h4-7,14,22H,8-11H2,1-3H3,(H,20,23). The smallest absolute Gasteiger partial charge is 0.322 e. The van der Waals surface area contributed by atoms with E-state index in [1.165, 1.54) is 12.1 Å². The Labute approximate surface area is 152 Å². The Morgan fingerprint density at radius 2 is 1.88 bits per heavy atom. The highest BCUT2D eigenvalue weighted by Gasteiger charge is 2.45. The fourth-order valence-electron chi connectivity index (χ4n) is 2.42. The summed E-state index contributed by atoms with van der Waals surface area (Å²) in [6, 6.07) is 5.53. The summed E-state index contributed by atoms with van der Waals surface area (Å²) in [6.45, 7) is 4.07. The first-order valence-electron chi connectivity index (χ1n) is 8.25. The van der Waals surface area contributed by atoms with Gasteiger partial charge in [-0.1, -0.05) is 12.1 Å². The van der Waals surface area contributed by atoms with E-state index in [9.17, 15) is 27.1 Å². The lowest BCUT2D eigenvalue weighted by Gasteiger charge is -2.35. The SMILES string of the molecule is CC(C)(C)S(=O)(=O)Cc1ccc(NC(=O)N2CCC(O)C(F)(F)C2)cc1. The van der Waals surface area contributed by atoms with Gasteiger partial charge in [0, 0.05) is 12.2 Å². The maximum atomic E-state index is 13.5. The van der Waals surface area contributed by atoms with Gasteiger partial charge in [0.25, 0.3) is 5.92 Å². The minimum Gasteiger partial charge on any atom is -0.387 e. The monoisotopic (exact) mass is 390 g/mol. The Morgan fingerprint density at radius 1 is 1.31 bits per heavy atom. The van der Waals surface area contributed by atoms with Gasteiger partial charge in [-0.15, -0.1) is 0 Å². The van der Waals surface area contributed by atoms with Crippen LogP contribution in [0.1, 0.15) is 32.8 Å². The molecule has 6 nitrogen and oxygen atoms in total. The molecule has 1 saturated heterocycles. The number of aliphatic hydroxyl groups is 1. The maximum Gasteiger partial charge on any atom is 0.322 e. The van der Waals surface area contributed by atoms with Crippen molar-refractivity contribution in [1.29, 1.82) is 0 Å². The Morgan fingerprint density at radius 3 is 2.38 bits per heavy atom. The number of anilines is 1. The van der Waals surface area contributed by atoms with Gasteiger partial charge in [-0.2, -0.15) is 0 Å². The fraction of sp³-hybridized carbons (Fsp3) is 0.588. The van der Waals surface area contributed by atoms with Crippen LogP contribution in [0.25, 0.3) is 0 Å². The highest BCUT2D eigenvalue weighted by atomic mass is 32.2. The highest BCUT2D eigenvalue weighted by Crippen LogP contribution is 2.27. The zero-order chi connectivity index (χ0) is 19.8. The van der Waals surface area contributed by atoms with Gasteiger partial charge in [-0.05, 0) is 44.9 Å². The predicted molar refractivity (Wildman–Crippen MR) is 95.0 cm³/mol. The van der Waals surface area contributed by atoms with E-state index in [-0.39, 0.29) is 18.7 Å². The molecule has 0 radical (unpaired) electrons. The molecule has 2 rings (SSSR count). The first kappa shape index (κ1) is 20.6. The molecular formula is C17H24F2N2O4S. The van der Waals surface area contributed by atoms with Gasteiger partial charge < -0.3 is 15.3 Å². The molecule has 2 N–H and O–H groups in total. The lowest BCUT2D eigenvalue weighted by Crippen LogP contribution is -2.54. The lowest BCUT2D eigenvalue weighted by atomic mass is 10.0. The van der Waals surface area contributed by atoms with Gasteiger partial charge in [0.15, 0.2) is 9.84 Å². The van der Waals surface area contributed by atoms with Gasteiger partial charge in [0.05, 0.1) is 17.0 Å². The van der Waals surface area contributed by atoms with Gasteiger partial charge in [-0.25, -0.2) is 22.0 Å². The number of benzene rings is 1. The van der Waals surface area contributed by atoms with E-state index in [0.717, 1.165) is 4.90 Å². The predicted octanol–water partition coefficient (Wildman–Crippen LogP) is 2.63. The minimum atomic E-state index is -3.33. The van der Waals surface area contributed by atoms with Crippen LogP contribution in [0.5, 0.6) is 0 Å². The summed E-state index contributed by atoms with van der Waals surface area (Å²) in [7, 11) is -3.32. The van der Waals surface area contributed by atoms with Crippen molar-refractivity contribution in [3.8, 4) is 0 Å². The van der Waals surface area contributed by atoms with Crippen molar-refractivity contribution in [2.24, 2.45) is 0 Å². The summed E-state index contributed by atoms with van der Waals surface area (Å²) >= 11 is 0. The normalized spacial score (nSPS) is 20.7. The average Bonchev–Trinajstić information content (AvgIpc) is 2.50. The number of hydrogen-bond acceptors (Lipinski definition) is 4. The minimum absolute atomic E-state index is 0.0322. The number of rotatable bonds is 3. The van der Waals surface area contributed by atoms with Crippen molar-refractivity contribution in [3.05, 3.63) is 29.8 Å². The van der Waals surface area contributed by atoms with E-state index in [1.54, 1.807) is 32.9 Å². The van der Waals surface area contributed by atoms with Crippen molar-refractivity contribution in [2.75, 3.05) is 18.4 Å². The van der Waals surface area contributed by atoms with Gasteiger partial charge in [0.1, 0.15) is 6.10 Å². The van der Waals surface area contributed by atoms with Gasteiger partial charge in [0.2, 0.25) is 0 Å². The molecule has 0 spiro atoms. The molecule has 1 aromatic carbocycles. The number of likely N-dealkylation sites (tertiary alicyclic amines) is 1. The number of nitrogens with zero attached hydrogens (tertiary/aromatic N) is 1. The second-order valence-electron chi connectivity index (χ2n) is 7.49. The molecule has 1 aliphatic rings. The molecule has 0 aliphatic carbocycles. The number of amides is 2. The second-order valence-corrected chi connectivity index (χ2v) is 10.2. The van der Waals surface area contributed by atoms with Crippen LogP contribution in [0, 0.1) is 0 Å². The topological polar surface area (TPSA) is 86.7 Å². The molecule has 0 bridgehead atoms. The van der Waals surface area contributed by atoms with Crippen LogP contribution in [-0.2, 0) is 15.6 Å². The first-order chi connectivity index (χ1) is 11.8. The molecule has 1 atom stereocenters. The molecular weight excluding hydrogens is 366 g/mol. The molecule has 2 amide bonds. The Balaban J connectivity index is 2.00. The molecule has 26 heavy (non-hydrogen) atoms. The number of halogens is 2. The molecule has 1 aliphatic heterocycles. The lowest BCUT2D eigenvalue weighted by molar-refractivity contribution is -0.140. The molecule has 9 heteroatoms. The number of sulfone groups is 1. The molecule has 0 aromatic heterocycles. The van der Waals surface area contributed by atoms with Crippen LogP contribution in [0.4, 0.5) is 19.3 Å². The van der Waals surface area contributed by atoms with Crippen LogP contribution < -0.4 is 5.32 Å². The number of urea groups is 1. The summed E-state index contributed by atoms with van der Waals surface area (Å²) in [4.78, 5) is 13.1. The summed E-state index contributed by atoms with van der Waals surface area (Å²) in [5.41, 5.74) is 0.951. The van der Waals surface area contributed by atoms with Gasteiger partial charge >= 0.3 is 6.03 Å². The number of hydrogen-bond donors (Lipinski definition) is 2. The zero-order valence-electron chi connectivity index (χ0n) is 15.0. The van der Waals surface area contributed by atoms with Crippen LogP contribution in [0.2, 0.25) is 0 Å². The number of alkyl halides is 2. The molecule has 1 unspecified atom stereocenters. The molecule has 1 fully saturated rings. The van der Waals surface area contributed by atoms with Crippen LogP contribution in [0.15, 0.2) is 24.3 Å². The first-order valence-corrected chi connectivity index (χ1v) is 9.90. The third kappa shape index (κ3) is 4.70. The average molecular weight is 390 g/mol. The second kappa shape index (κ2) is 7.11. The van der Waals surface area contributed by atoms with Crippen molar-refractivity contribution in [3.63, 3.8) is 0 Å². The van der Waals surface area contributed by atoms with E-state index in [0.29, 0.717) is 11.3 Å². The maximum absolute atomic E-state index is 13.5. The molecule has 146 valence electrons. The van der Waals surface area contributed by atoms with Gasteiger partial charge in [-0.3, -0.25) is 0 Å². The van der Waals surface area contributed by atoms with E-state index in [4.69, 9.17) is 0 Å². The summed E-state index contributed by atoms with van der Waals surface area (Å²) in [6.07, 6.45) is -1.93. The van der Waals surface area contributed by atoms with Crippen molar-refractivity contribution >= 4 is 21.6 Å². The largest absolute Gasteiger partial charge is 0.387 e. The van der Waals surface area contributed by atoms with Crippen molar-refractivity contribution in [2.45, 2.75) is 49.7 Å². The van der Waals surface area contributed by atoms with E-state index < -0.39 is 39.2 Å². The van der Waals surface area contributed by atoms with Crippen LogP contribution in [0.3, 0.4) is 0 Å². The Bertz CT molecular complexity index is 758. The zero-order valence-corrected chi connectivity index (χ0v) is 15.8. The van der Waals surface area contributed by atoms with E-state index in [2.05, 4.69) is 5.32 Å². The Kier molecular flexibility index (Phi) is 5.63. The van der Waals surface area contributed by atoms with Crippen molar-refractivity contribution in [1.82, 2.24) is 4.90 Å². The van der Waals surface area contributed by atoms with E-state index >= 15 is 0 Å². The van der Waals surface area contributed by atoms with Crippen molar-refractivity contribution < 1.29 is 27.1 Å². The number of carbonyl (C=O) groups excluding carboxylic acids is 1. The quantitative estimate of drug-likeness (QED) is 0.831. The highest BCUT2D eigenvalue weighted by molar-refractivity contribution is 7.91. The fourth-order valence-corrected chi connectivity index (χ4v) is 3.49. The summed E-state index contributed by atoms with van der Waals surface area (Å²) < 4.78 is 50.6. The summed E-state index contributed by atoms with van der Waals surface area (Å²) in [5.74, 6) is -3.46. The number of piperidine rings is 1. The van der Waals surface area contributed by atoms with Crippen LogP contribution in [-0.4, -0.2) is 54.3 Å². The third-order valence-corrected chi connectivity index (χ3v) is 6.92. The molecule has 1 heterocycles. The molecule has 1 aromatic rings. The summed E-state index contributed by atoms with van der Waals surface area (Å²) in [5, 5.41) is 11.8. The van der Waals surface area contributed by atoms with Crippen LogP contribution >= 0.6 is 0 Å². The third-order valence-electron chi connectivity index (χ3n) is 4.34. The number of nitrogens with one attached hydrogen (secondary N) is 1.